The zero-order valence-corrected chi connectivity index (χ0v) is 10.6. The largest absolute Gasteiger partial charge is 0.308 e. The van der Waals surface area contributed by atoms with Gasteiger partial charge in [-0.2, -0.15) is 0 Å². The maximum Gasteiger partial charge on any atom is 0.249 e. The van der Waals surface area contributed by atoms with Gasteiger partial charge in [-0.25, -0.2) is 8.42 Å². The van der Waals surface area contributed by atoms with Crippen molar-refractivity contribution in [2.75, 3.05) is 0 Å². The molecule has 0 fully saturated rings. The van der Waals surface area contributed by atoms with E-state index in [-0.39, 0.29) is 10.9 Å². The first-order valence-corrected chi connectivity index (χ1v) is 6.83. The molecule has 0 aliphatic rings. The van der Waals surface area contributed by atoms with E-state index in [1.54, 1.807) is 31.3 Å². The Morgan fingerprint density at radius 3 is 2.47 bits per heavy atom. The molecule has 1 aromatic heterocycles. The Labute approximate surface area is 104 Å². The fourth-order valence-corrected chi connectivity index (χ4v) is 2.96. The number of rotatable bonds is 3. The molecule has 0 unspecified atom stereocenters. The third-order valence-corrected chi connectivity index (χ3v) is 4.11. The number of hydrogen-bond donors (Lipinski definition) is 0. The molecule has 1 aromatic carbocycles. The normalized spacial score (nSPS) is 11.6. The van der Waals surface area contributed by atoms with Crippen molar-refractivity contribution in [3.05, 3.63) is 41.2 Å². The summed E-state index contributed by atoms with van der Waals surface area (Å²) >= 11 is 5.73. The first-order chi connectivity index (χ1) is 7.99. The lowest BCUT2D eigenvalue weighted by molar-refractivity contribution is 0.577. The average Bonchev–Trinajstić information content (AvgIpc) is 2.68. The van der Waals surface area contributed by atoms with Crippen LogP contribution in [0.15, 0.2) is 35.7 Å². The maximum atomic E-state index is 12.0. The predicted octanol–water partition coefficient (Wildman–Crippen LogP) is 1.44. The number of aromatic nitrogens is 3. The molecule has 0 radical (unpaired) electrons. The van der Waals surface area contributed by atoms with Gasteiger partial charge in [0.05, 0.1) is 5.75 Å². The standard InChI is InChI=1S/C10H10ClN3O2S/c1-14-7-12-13-10(14)17(15,16)6-8-2-4-9(11)5-3-8/h2-5,7H,6H2,1H3. The van der Waals surface area contributed by atoms with Gasteiger partial charge in [0.1, 0.15) is 6.33 Å². The van der Waals surface area contributed by atoms with Crippen molar-refractivity contribution < 1.29 is 8.42 Å². The molecule has 0 aliphatic heterocycles. The minimum atomic E-state index is -3.47. The fraction of sp³-hybridized carbons (Fsp3) is 0.200. The van der Waals surface area contributed by atoms with Gasteiger partial charge in [-0.1, -0.05) is 23.7 Å². The van der Waals surface area contributed by atoms with Crippen molar-refractivity contribution in [2.24, 2.45) is 7.05 Å². The van der Waals surface area contributed by atoms with Crippen LogP contribution < -0.4 is 0 Å². The average molecular weight is 272 g/mol. The van der Waals surface area contributed by atoms with E-state index in [0.717, 1.165) is 0 Å². The van der Waals surface area contributed by atoms with Crippen LogP contribution in [0.25, 0.3) is 0 Å². The van der Waals surface area contributed by atoms with Crippen LogP contribution in [-0.2, 0) is 22.6 Å². The molecule has 90 valence electrons. The Bertz CT molecular complexity index is 619. The van der Waals surface area contributed by atoms with E-state index in [9.17, 15) is 8.42 Å². The highest BCUT2D eigenvalue weighted by Crippen LogP contribution is 2.15. The third kappa shape index (κ3) is 2.65. The number of benzene rings is 1. The van der Waals surface area contributed by atoms with Crippen molar-refractivity contribution >= 4 is 21.4 Å². The van der Waals surface area contributed by atoms with Crippen LogP contribution in [0.4, 0.5) is 0 Å². The third-order valence-electron chi connectivity index (χ3n) is 2.22. The topological polar surface area (TPSA) is 64.8 Å². The molecule has 0 N–H and O–H groups in total. The highest BCUT2D eigenvalue weighted by atomic mass is 35.5. The highest BCUT2D eigenvalue weighted by molar-refractivity contribution is 7.90. The van der Waals surface area contributed by atoms with Crippen LogP contribution in [0.3, 0.4) is 0 Å². The Hall–Kier alpha value is -1.40. The number of aryl methyl sites for hydroxylation is 1. The lowest BCUT2D eigenvalue weighted by Crippen LogP contribution is -2.10. The molecule has 0 atom stereocenters. The molecule has 0 amide bonds. The minimum absolute atomic E-state index is 0.0348. The van der Waals surface area contributed by atoms with Gasteiger partial charge in [0.15, 0.2) is 0 Å². The van der Waals surface area contributed by atoms with Crippen LogP contribution in [0.1, 0.15) is 5.56 Å². The quantitative estimate of drug-likeness (QED) is 0.847. The first kappa shape index (κ1) is 12.1. The summed E-state index contributed by atoms with van der Waals surface area (Å²) in [7, 11) is -1.88. The SMILES string of the molecule is Cn1cnnc1S(=O)(=O)Cc1ccc(Cl)cc1. The smallest absolute Gasteiger partial charge is 0.249 e. The van der Waals surface area contributed by atoms with Crippen molar-refractivity contribution in [3.63, 3.8) is 0 Å². The van der Waals surface area contributed by atoms with Gasteiger partial charge >= 0.3 is 0 Å². The lowest BCUT2D eigenvalue weighted by atomic mass is 10.2. The summed E-state index contributed by atoms with van der Waals surface area (Å²) in [4.78, 5) is 0. The van der Waals surface area contributed by atoms with Gasteiger partial charge in [0.2, 0.25) is 15.0 Å². The second-order valence-corrected chi connectivity index (χ2v) is 5.93. The van der Waals surface area contributed by atoms with Gasteiger partial charge in [-0.05, 0) is 17.7 Å². The predicted molar refractivity (Wildman–Crippen MR) is 63.3 cm³/mol. The van der Waals surface area contributed by atoms with E-state index in [0.29, 0.717) is 10.6 Å². The molecule has 0 saturated carbocycles. The zero-order chi connectivity index (χ0) is 12.5. The van der Waals surface area contributed by atoms with Crippen molar-refractivity contribution in [2.45, 2.75) is 10.9 Å². The monoisotopic (exact) mass is 271 g/mol. The minimum Gasteiger partial charge on any atom is -0.308 e. The number of sulfone groups is 1. The lowest BCUT2D eigenvalue weighted by Gasteiger charge is -2.03. The van der Waals surface area contributed by atoms with Crippen LogP contribution >= 0.6 is 11.6 Å². The van der Waals surface area contributed by atoms with Gasteiger partial charge in [0, 0.05) is 12.1 Å². The first-order valence-electron chi connectivity index (χ1n) is 4.80. The molecule has 0 spiro atoms. The summed E-state index contributed by atoms with van der Waals surface area (Å²) in [6, 6.07) is 6.67. The maximum absolute atomic E-state index is 12.0. The van der Waals surface area contributed by atoms with Gasteiger partial charge in [-0.15, -0.1) is 10.2 Å². The molecule has 0 saturated heterocycles. The van der Waals surface area contributed by atoms with E-state index in [1.807, 2.05) is 0 Å². The molecule has 1 heterocycles. The molecule has 0 bridgehead atoms. The summed E-state index contributed by atoms with van der Waals surface area (Å²) in [6.45, 7) is 0. The summed E-state index contributed by atoms with van der Waals surface area (Å²) in [5.74, 6) is -0.114. The summed E-state index contributed by atoms with van der Waals surface area (Å²) in [6.07, 6.45) is 1.36. The zero-order valence-electron chi connectivity index (χ0n) is 9.04. The molecule has 0 aliphatic carbocycles. The van der Waals surface area contributed by atoms with E-state index >= 15 is 0 Å². The van der Waals surface area contributed by atoms with E-state index in [1.165, 1.54) is 10.9 Å². The van der Waals surface area contributed by atoms with E-state index in [4.69, 9.17) is 11.6 Å². The molecule has 2 aromatic rings. The second kappa shape index (κ2) is 4.46. The number of nitrogens with zero attached hydrogens (tertiary/aromatic N) is 3. The summed E-state index contributed by atoms with van der Waals surface area (Å²) in [5.41, 5.74) is 0.664. The fourth-order valence-electron chi connectivity index (χ4n) is 1.42. The van der Waals surface area contributed by atoms with Gasteiger partial charge in [-0.3, -0.25) is 0 Å². The molecule has 7 heteroatoms. The number of halogens is 1. The molecule has 2 rings (SSSR count). The Morgan fingerprint density at radius 1 is 1.29 bits per heavy atom. The molecular weight excluding hydrogens is 262 g/mol. The number of hydrogen-bond acceptors (Lipinski definition) is 4. The Morgan fingerprint density at radius 2 is 1.94 bits per heavy atom. The summed E-state index contributed by atoms with van der Waals surface area (Å²) in [5, 5.41) is 7.70. The molecule has 17 heavy (non-hydrogen) atoms. The van der Waals surface area contributed by atoms with Crippen LogP contribution in [0, 0.1) is 0 Å². The summed E-state index contributed by atoms with van der Waals surface area (Å²) < 4.78 is 25.4. The van der Waals surface area contributed by atoms with Gasteiger partial charge < -0.3 is 4.57 Å². The van der Waals surface area contributed by atoms with Gasteiger partial charge in [0.25, 0.3) is 0 Å². The van der Waals surface area contributed by atoms with Crippen molar-refractivity contribution in [3.8, 4) is 0 Å². The highest BCUT2D eigenvalue weighted by Gasteiger charge is 2.20. The van der Waals surface area contributed by atoms with Crippen LogP contribution in [-0.4, -0.2) is 23.2 Å². The van der Waals surface area contributed by atoms with Crippen molar-refractivity contribution in [1.29, 1.82) is 0 Å². The Balaban J connectivity index is 2.30. The second-order valence-electron chi connectivity index (χ2n) is 3.61. The van der Waals surface area contributed by atoms with E-state index in [2.05, 4.69) is 10.2 Å². The Kier molecular flexibility index (Phi) is 3.17. The van der Waals surface area contributed by atoms with Crippen LogP contribution in [0.2, 0.25) is 5.02 Å². The van der Waals surface area contributed by atoms with Crippen molar-refractivity contribution in [1.82, 2.24) is 14.8 Å². The van der Waals surface area contributed by atoms with E-state index < -0.39 is 9.84 Å². The van der Waals surface area contributed by atoms with Crippen LogP contribution in [0.5, 0.6) is 0 Å². The molecular formula is C10H10ClN3O2S. The molecule has 5 nitrogen and oxygen atoms in total.